The smallest absolute Gasteiger partial charge is 0.323 e. The van der Waals surface area contributed by atoms with E-state index in [-0.39, 0.29) is 5.41 Å². The van der Waals surface area contributed by atoms with Gasteiger partial charge in [0, 0.05) is 6.04 Å². The van der Waals surface area contributed by atoms with Gasteiger partial charge in [-0.05, 0) is 50.5 Å². The molecule has 1 saturated heterocycles. The van der Waals surface area contributed by atoms with E-state index < -0.39 is 11.5 Å². The Labute approximate surface area is 117 Å². The van der Waals surface area contributed by atoms with Crippen LogP contribution < -0.4 is 0 Å². The average molecular weight is 267 g/mol. The highest BCUT2D eigenvalue weighted by Crippen LogP contribution is 2.44. The van der Waals surface area contributed by atoms with Gasteiger partial charge in [-0.2, -0.15) is 0 Å². The molecule has 0 aromatic heterocycles. The number of rotatable bonds is 2. The quantitative estimate of drug-likeness (QED) is 0.832. The van der Waals surface area contributed by atoms with Crippen molar-refractivity contribution in [2.45, 2.75) is 77.8 Å². The highest BCUT2D eigenvalue weighted by Gasteiger charge is 2.49. The number of carboxylic acids is 1. The van der Waals surface area contributed by atoms with E-state index in [0.29, 0.717) is 12.0 Å². The van der Waals surface area contributed by atoms with Crippen molar-refractivity contribution in [1.29, 1.82) is 0 Å². The normalized spacial score (nSPS) is 37.5. The SMILES string of the molecule is CC(C)(C)C1CCCCC1N1CCCC1(C)C(=O)O. The summed E-state index contributed by atoms with van der Waals surface area (Å²) in [5.41, 5.74) is -0.363. The van der Waals surface area contributed by atoms with Crippen LogP contribution in [0.1, 0.15) is 66.2 Å². The Morgan fingerprint density at radius 2 is 1.84 bits per heavy atom. The largest absolute Gasteiger partial charge is 0.480 e. The van der Waals surface area contributed by atoms with Crippen molar-refractivity contribution in [3.05, 3.63) is 0 Å². The molecule has 1 aliphatic carbocycles. The van der Waals surface area contributed by atoms with Gasteiger partial charge in [0.1, 0.15) is 5.54 Å². The van der Waals surface area contributed by atoms with E-state index in [9.17, 15) is 9.90 Å². The van der Waals surface area contributed by atoms with E-state index in [1.54, 1.807) is 0 Å². The van der Waals surface area contributed by atoms with Gasteiger partial charge < -0.3 is 5.11 Å². The molecule has 2 fully saturated rings. The molecule has 110 valence electrons. The summed E-state index contributed by atoms with van der Waals surface area (Å²) >= 11 is 0. The van der Waals surface area contributed by atoms with Crippen LogP contribution in [0, 0.1) is 11.3 Å². The summed E-state index contributed by atoms with van der Waals surface area (Å²) in [6.45, 7) is 9.81. The van der Waals surface area contributed by atoms with Gasteiger partial charge in [-0.1, -0.05) is 33.6 Å². The highest BCUT2D eigenvalue weighted by molar-refractivity contribution is 5.78. The Bertz CT molecular complexity index is 347. The molecule has 0 aromatic carbocycles. The minimum absolute atomic E-state index is 0.271. The van der Waals surface area contributed by atoms with Crippen molar-refractivity contribution in [2.75, 3.05) is 6.54 Å². The lowest BCUT2D eigenvalue weighted by Crippen LogP contribution is -2.57. The van der Waals surface area contributed by atoms with Gasteiger partial charge in [0.2, 0.25) is 0 Å². The lowest BCUT2D eigenvalue weighted by atomic mass is 9.68. The number of likely N-dealkylation sites (tertiary alicyclic amines) is 1. The first kappa shape index (κ1) is 14.8. The molecule has 1 heterocycles. The number of carbonyl (C=O) groups is 1. The molecular formula is C16H29NO2. The van der Waals surface area contributed by atoms with E-state index in [1.165, 1.54) is 25.7 Å². The third-order valence-electron chi connectivity index (χ3n) is 5.40. The third-order valence-corrected chi connectivity index (χ3v) is 5.40. The molecule has 1 saturated carbocycles. The summed E-state index contributed by atoms with van der Waals surface area (Å²) in [5, 5.41) is 9.62. The van der Waals surface area contributed by atoms with Crippen molar-refractivity contribution in [2.24, 2.45) is 11.3 Å². The van der Waals surface area contributed by atoms with Crippen LogP contribution in [-0.2, 0) is 4.79 Å². The minimum atomic E-state index is -0.636. The molecule has 0 amide bonds. The Balaban J connectivity index is 2.25. The molecule has 1 N–H and O–H groups in total. The van der Waals surface area contributed by atoms with Gasteiger partial charge in [-0.25, -0.2) is 0 Å². The van der Waals surface area contributed by atoms with Crippen LogP contribution in [0.3, 0.4) is 0 Å². The molecule has 0 aromatic rings. The van der Waals surface area contributed by atoms with Crippen molar-refractivity contribution >= 4 is 5.97 Å². The zero-order valence-electron chi connectivity index (χ0n) is 12.9. The average Bonchev–Trinajstić information content (AvgIpc) is 2.71. The van der Waals surface area contributed by atoms with Crippen LogP contribution >= 0.6 is 0 Å². The van der Waals surface area contributed by atoms with Gasteiger partial charge in [-0.3, -0.25) is 9.69 Å². The van der Waals surface area contributed by atoms with Gasteiger partial charge in [0.15, 0.2) is 0 Å². The summed E-state index contributed by atoms with van der Waals surface area (Å²) in [4.78, 5) is 14.0. The molecule has 3 unspecified atom stereocenters. The maximum atomic E-state index is 11.7. The second-order valence-electron chi connectivity index (χ2n) is 7.70. The minimum Gasteiger partial charge on any atom is -0.480 e. The summed E-state index contributed by atoms with van der Waals surface area (Å²) in [7, 11) is 0. The number of carboxylic acid groups (broad SMARTS) is 1. The Morgan fingerprint density at radius 3 is 2.42 bits per heavy atom. The van der Waals surface area contributed by atoms with Gasteiger partial charge in [-0.15, -0.1) is 0 Å². The summed E-state index contributed by atoms with van der Waals surface area (Å²) in [6.07, 6.45) is 6.80. The van der Waals surface area contributed by atoms with E-state index in [2.05, 4.69) is 25.7 Å². The van der Waals surface area contributed by atoms with Crippen molar-refractivity contribution in [3.63, 3.8) is 0 Å². The van der Waals surface area contributed by atoms with Gasteiger partial charge in [0.25, 0.3) is 0 Å². The molecule has 2 aliphatic rings. The lowest BCUT2D eigenvalue weighted by molar-refractivity contribution is -0.152. The monoisotopic (exact) mass is 267 g/mol. The fourth-order valence-corrected chi connectivity index (χ4v) is 4.24. The number of aliphatic carboxylic acids is 1. The van der Waals surface area contributed by atoms with Gasteiger partial charge in [0.05, 0.1) is 0 Å². The number of hydrogen-bond donors (Lipinski definition) is 1. The lowest BCUT2D eigenvalue weighted by Gasteiger charge is -2.48. The summed E-state index contributed by atoms with van der Waals surface area (Å²) in [5.74, 6) is -0.0127. The van der Waals surface area contributed by atoms with Crippen LogP contribution in [0.2, 0.25) is 0 Å². The molecule has 2 rings (SSSR count). The van der Waals surface area contributed by atoms with Crippen molar-refractivity contribution in [1.82, 2.24) is 4.90 Å². The molecule has 1 aliphatic heterocycles. The second-order valence-corrected chi connectivity index (χ2v) is 7.70. The predicted molar refractivity (Wildman–Crippen MR) is 77.2 cm³/mol. The maximum absolute atomic E-state index is 11.7. The standard InChI is InChI=1S/C16H29NO2/c1-15(2,3)12-8-5-6-9-13(12)17-11-7-10-16(17,4)14(18)19/h12-13H,5-11H2,1-4H3,(H,18,19). The van der Waals surface area contributed by atoms with Crippen molar-refractivity contribution < 1.29 is 9.90 Å². The molecule has 0 radical (unpaired) electrons. The second kappa shape index (κ2) is 5.08. The van der Waals surface area contributed by atoms with Crippen LogP contribution in [0.15, 0.2) is 0 Å². The van der Waals surface area contributed by atoms with E-state index >= 15 is 0 Å². The fraction of sp³-hybridized carbons (Fsp3) is 0.938. The topological polar surface area (TPSA) is 40.5 Å². The Hall–Kier alpha value is -0.570. The Morgan fingerprint density at radius 1 is 1.21 bits per heavy atom. The molecule has 3 heteroatoms. The summed E-state index contributed by atoms with van der Waals surface area (Å²) in [6, 6.07) is 0.456. The molecule has 0 spiro atoms. The van der Waals surface area contributed by atoms with E-state index in [4.69, 9.17) is 0 Å². The molecular weight excluding hydrogens is 238 g/mol. The first-order valence-electron chi connectivity index (χ1n) is 7.77. The maximum Gasteiger partial charge on any atom is 0.323 e. The third kappa shape index (κ3) is 2.67. The zero-order valence-corrected chi connectivity index (χ0v) is 12.9. The van der Waals surface area contributed by atoms with Crippen LogP contribution in [-0.4, -0.2) is 34.1 Å². The molecule has 0 bridgehead atoms. The first-order valence-corrected chi connectivity index (χ1v) is 7.77. The van der Waals surface area contributed by atoms with Crippen molar-refractivity contribution in [3.8, 4) is 0 Å². The molecule has 3 atom stereocenters. The fourth-order valence-electron chi connectivity index (χ4n) is 4.24. The number of nitrogens with zero attached hydrogens (tertiary/aromatic N) is 1. The first-order chi connectivity index (χ1) is 8.77. The van der Waals surface area contributed by atoms with E-state index in [1.807, 2.05) is 6.92 Å². The Kier molecular flexibility index (Phi) is 3.97. The van der Waals surface area contributed by atoms with Gasteiger partial charge >= 0.3 is 5.97 Å². The highest BCUT2D eigenvalue weighted by atomic mass is 16.4. The van der Waals surface area contributed by atoms with Crippen LogP contribution in [0.25, 0.3) is 0 Å². The molecule has 19 heavy (non-hydrogen) atoms. The predicted octanol–water partition coefficient (Wildman–Crippen LogP) is 3.53. The van der Waals surface area contributed by atoms with E-state index in [0.717, 1.165) is 19.4 Å². The molecule has 3 nitrogen and oxygen atoms in total. The summed E-state index contributed by atoms with van der Waals surface area (Å²) < 4.78 is 0. The number of hydrogen-bond acceptors (Lipinski definition) is 2. The van der Waals surface area contributed by atoms with Crippen LogP contribution in [0.4, 0.5) is 0 Å². The zero-order chi connectivity index (χ0) is 14.3. The van der Waals surface area contributed by atoms with Crippen LogP contribution in [0.5, 0.6) is 0 Å².